The van der Waals surface area contributed by atoms with Crippen molar-refractivity contribution in [3.05, 3.63) is 34.4 Å². The Balaban J connectivity index is 3.23. The first-order valence-electron chi connectivity index (χ1n) is 7.30. The lowest BCUT2D eigenvalue weighted by Gasteiger charge is -2.20. The summed E-state index contributed by atoms with van der Waals surface area (Å²) in [5, 5.41) is -0.241. The van der Waals surface area contributed by atoms with Crippen LogP contribution in [0.5, 0.6) is 0 Å². The van der Waals surface area contributed by atoms with E-state index in [2.05, 4.69) is 60.6 Å². The van der Waals surface area contributed by atoms with Crippen molar-refractivity contribution in [1.29, 1.82) is 0 Å². The first kappa shape index (κ1) is 16.4. The maximum atomic E-state index is 12.9. The van der Waals surface area contributed by atoms with Gasteiger partial charge in [-0.15, -0.1) is 0 Å². The molecule has 0 spiro atoms. The summed E-state index contributed by atoms with van der Waals surface area (Å²) in [7, 11) is -1.25. The van der Waals surface area contributed by atoms with E-state index in [9.17, 15) is 4.57 Å². The summed E-state index contributed by atoms with van der Waals surface area (Å²) in [5.74, 6) is 0. The zero-order valence-corrected chi connectivity index (χ0v) is 14.4. The van der Waals surface area contributed by atoms with Crippen LogP contribution in [0.1, 0.15) is 62.8 Å². The minimum Gasteiger partial charge on any atom is -0.0735 e. The molecule has 0 bridgehead atoms. The fourth-order valence-corrected chi connectivity index (χ4v) is 4.55. The van der Waals surface area contributed by atoms with E-state index in [-0.39, 0.29) is 5.16 Å². The minimum absolute atomic E-state index is 0.241. The van der Waals surface area contributed by atoms with Crippen molar-refractivity contribution in [3.63, 3.8) is 0 Å². The van der Waals surface area contributed by atoms with E-state index >= 15 is 0 Å². The first-order valence-corrected chi connectivity index (χ1v) is 8.63. The van der Waals surface area contributed by atoms with Crippen molar-refractivity contribution in [1.82, 2.24) is 0 Å². The number of hydrogen-bond acceptors (Lipinski definition) is 1. The normalized spacial score (nSPS) is 12.9. The topological polar surface area (TPSA) is 17.1 Å². The summed E-state index contributed by atoms with van der Waals surface area (Å²) in [6.45, 7) is 15.0. The third-order valence-electron chi connectivity index (χ3n) is 4.46. The highest BCUT2D eigenvalue weighted by atomic mass is 31.1. The van der Waals surface area contributed by atoms with Crippen LogP contribution in [0.3, 0.4) is 0 Å². The molecule has 19 heavy (non-hydrogen) atoms. The van der Waals surface area contributed by atoms with Gasteiger partial charge in [0.2, 0.25) is 0 Å². The smallest absolute Gasteiger partial charge is 0.0735 e. The van der Waals surface area contributed by atoms with Gasteiger partial charge in [0.05, 0.1) is 0 Å². The highest BCUT2D eigenvalue weighted by Gasteiger charge is 2.45. The van der Waals surface area contributed by atoms with E-state index in [1.807, 2.05) is 0 Å². The monoisotopic (exact) mass is 279 g/mol. The molecule has 0 aliphatic rings. The predicted octanol–water partition coefficient (Wildman–Crippen LogP) is 5.86. The van der Waals surface area contributed by atoms with Crippen molar-refractivity contribution in [2.75, 3.05) is 0 Å². The van der Waals surface area contributed by atoms with E-state index in [0.717, 1.165) is 12.8 Å². The Kier molecular flexibility index (Phi) is 5.33. The summed E-state index contributed by atoms with van der Waals surface area (Å²) >= 11 is 0. The largest absolute Gasteiger partial charge is 0.352 e. The standard InChI is InChI=1S/C17H28OP/c1-8-16(9-2)19(18)17(6,7)15-10-12(3)14(5)13(4)11-15/h10-11,16H,8-9H2,1-7H3/q+1. The van der Waals surface area contributed by atoms with Crippen LogP contribution >= 0.6 is 7.80 Å². The SMILES string of the molecule is CCC(CC)[P+](=O)C(C)(C)c1cc(C)c(C)c(C)c1. The van der Waals surface area contributed by atoms with Gasteiger partial charge < -0.3 is 0 Å². The average molecular weight is 279 g/mol. The Hall–Kier alpha value is -0.680. The molecule has 106 valence electrons. The van der Waals surface area contributed by atoms with Gasteiger partial charge in [0.25, 0.3) is 0 Å². The maximum Gasteiger partial charge on any atom is 0.352 e. The van der Waals surface area contributed by atoms with Gasteiger partial charge in [-0.3, -0.25) is 0 Å². The van der Waals surface area contributed by atoms with Gasteiger partial charge in [0.1, 0.15) is 0 Å². The molecule has 1 nitrogen and oxygen atoms in total. The fourth-order valence-electron chi connectivity index (χ4n) is 2.59. The summed E-state index contributed by atoms with van der Waals surface area (Å²) < 4.78 is 12.9. The molecule has 0 N–H and O–H groups in total. The number of rotatable bonds is 5. The molecule has 0 saturated heterocycles. The van der Waals surface area contributed by atoms with Crippen molar-refractivity contribution in [2.24, 2.45) is 0 Å². The van der Waals surface area contributed by atoms with E-state index in [1.165, 1.54) is 22.3 Å². The predicted molar refractivity (Wildman–Crippen MR) is 85.7 cm³/mol. The number of benzene rings is 1. The summed E-state index contributed by atoms with van der Waals surface area (Å²) in [6, 6.07) is 4.44. The van der Waals surface area contributed by atoms with Gasteiger partial charge in [-0.25, -0.2) is 0 Å². The van der Waals surface area contributed by atoms with Gasteiger partial charge in [0.15, 0.2) is 10.8 Å². The molecule has 0 aliphatic carbocycles. The van der Waals surface area contributed by atoms with Crippen molar-refractivity contribution in [3.8, 4) is 0 Å². The Morgan fingerprint density at radius 1 is 1.05 bits per heavy atom. The molecule has 0 amide bonds. The summed E-state index contributed by atoms with van der Waals surface area (Å²) in [6.07, 6.45) is 2.00. The van der Waals surface area contributed by atoms with Gasteiger partial charge in [-0.1, -0.05) is 30.5 Å². The maximum absolute atomic E-state index is 12.9. The van der Waals surface area contributed by atoms with Crippen LogP contribution in [-0.2, 0) is 9.72 Å². The third kappa shape index (κ3) is 3.26. The van der Waals surface area contributed by atoms with Crippen LogP contribution in [-0.4, -0.2) is 5.66 Å². The molecule has 0 saturated carbocycles. The van der Waals surface area contributed by atoms with Gasteiger partial charge in [0, 0.05) is 5.56 Å². The molecule has 0 aliphatic heterocycles. The Morgan fingerprint density at radius 2 is 1.47 bits per heavy atom. The van der Waals surface area contributed by atoms with Crippen molar-refractivity contribution in [2.45, 2.75) is 72.1 Å². The second-order valence-electron chi connectivity index (χ2n) is 6.09. The van der Waals surface area contributed by atoms with E-state index in [4.69, 9.17) is 0 Å². The van der Waals surface area contributed by atoms with Crippen LogP contribution in [0.4, 0.5) is 0 Å². The van der Waals surface area contributed by atoms with Crippen LogP contribution < -0.4 is 0 Å². The molecule has 0 heterocycles. The highest BCUT2D eigenvalue weighted by molar-refractivity contribution is 7.46. The molecule has 1 atom stereocenters. The summed E-state index contributed by atoms with van der Waals surface area (Å²) in [5.41, 5.74) is 5.50. The molecule has 0 fully saturated rings. The van der Waals surface area contributed by atoms with E-state index in [1.54, 1.807) is 0 Å². The highest BCUT2D eigenvalue weighted by Crippen LogP contribution is 2.52. The molecular formula is C17H28OP+. The molecule has 1 aromatic carbocycles. The second-order valence-corrected chi connectivity index (χ2v) is 8.59. The molecule has 0 aromatic heterocycles. The zero-order valence-electron chi connectivity index (χ0n) is 13.5. The average Bonchev–Trinajstić information content (AvgIpc) is 2.36. The zero-order chi connectivity index (χ0) is 14.8. The lowest BCUT2D eigenvalue weighted by Crippen LogP contribution is -2.18. The van der Waals surface area contributed by atoms with E-state index < -0.39 is 7.80 Å². The second kappa shape index (κ2) is 6.18. The third-order valence-corrected chi connectivity index (χ3v) is 7.21. The molecule has 1 unspecified atom stereocenters. The van der Waals surface area contributed by atoms with Gasteiger partial charge in [-0.2, -0.15) is 0 Å². The summed E-state index contributed by atoms with van der Waals surface area (Å²) in [4.78, 5) is 0. The minimum atomic E-state index is -1.25. The lowest BCUT2D eigenvalue weighted by atomic mass is 9.94. The molecular weight excluding hydrogens is 251 g/mol. The Bertz CT molecular complexity index is 447. The van der Waals surface area contributed by atoms with Gasteiger partial charge >= 0.3 is 7.80 Å². The van der Waals surface area contributed by atoms with E-state index in [0.29, 0.717) is 5.66 Å². The molecule has 2 heteroatoms. The molecule has 0 radical (unpaired) electrons. The molecule has 1 aromatic rings. The lowest BCUT2D eigenvalue weighted by molar-refractivity contribution is 0.543. The Morgan fingerprint density at radius 3 is 1.84 bits per heavy atom. The van der Waals surface area contributed by atoms with Gasteiger partial charge in [-0.05, 0) is 64.2 Å². The Labute approximate surface area is 119 Å². The van der Waals surface area contributed by atoms with Crippen molar-refractivity contribution >= 4 is 7.80 Å². The fraction of sp³-hybridized carbons (Fsp3) is 0.647. The van der Waals surface area contributed by atoms with Crippen LogP contribution in [0.2, 0.25) is 0 Å². The van der Waals surface area contributed by atoms with Crippen LogP contribution in [0.15, 0.2) is 12.1 Å². The van der Waals surface area contributed by atoms with Crippen molar-refractivity contribution < 1.29 is 4.57 Å². The van der Waals surface area contributed by atoms with Crippen LogP contribution in [0.25, 0.3) is 0 Å². The van der Waals surface area contributed by atoms with Crippen LogP contribution in [0, 0.1) is 20.8 Å². The number of aryl methyl sites for hydroxylation is 2. The quantitative estimate of drug-likeness (QED) is 0.617. The molecule has 1 rings (SSSR count). The number of hydrogen-bond donors (Lipinski definition) is 0. The first-order chi connectivity index (χ1) is 8.75.